The van der Waals surface area contributed by atoms with Gasteiger partial charge in [-0.2, -0.15) is 0 Å². The molecule has 22 heavy (non-hydrogen) atoms. The molecule has 0 aliphatic heterocycles. The number of para-hydroxylation sites is 1. The number of hydrogen-bond donors (Lipinski definition) is 2. The molecular weight excluding hydrogens is 278 g/mol. The Balaban J connectivity index is 2.56. The van der Waals surface area contributed by atoms with E-state index in [0.717, 1.165) is 17.3 Å². The number of ether oxygens (including phenoxy) is 2. The summed E-state index contributed by atoms with van der Waals surface area (Å²) in [4.78, 5) is 4.24. The fraction of sp³-hybridized carbons (Fsp3) is 0.588. The summed E-state index contributed by atoms with van der Waals surface area (Å²) < 4.78 is 10.9. The quantitative estimate of drug-likeness (QED) is 0.626. The number of benzene rings is 1. The molecule has 1 atom stereocenters. The second-order valence-corrected chi connectivity index (χ2v) is 6.21. The van der Waals surface area contributed by atoms with Crippen molar-refractivity contribution in [3.05, 3.63) is 29.8 Å². The molecule has 2 N–H and O–H groups in total. The molecule has 0 saturated heterocycles. The zero-order chi connectivity index (χ0) is 16.6. The van der Waals surface area contributed by atoms with E-state index in [2.05, 4.69) is 36.4 Å². The molecule has 1 aromatic rings. The number of nitrogens with zero attached hydrogens (tertiary/aromatic N) is 1. The lowest BCUT2D eigenvalue weighted by molar-refractivity contribution is 0.0205. The van der Waals surface area contributed by atoms with Crippen molar-refractivity contribution < 1.29 is 9.47 Å². The maximum absolute atomic E-state index is 5.54. The van der Waals surface area contributed by atoms with Gasteiger partial charge in [0.1, 0.15) is 5.75 Å². The van der Waals surface area contributed by atoms with E-state index in [1.165, 1.54) is 0 Å². The first-order chi connectivity index (χ1) is 10.4. The predicted molar refractivity (Wildman–Crippen MR) is 91.4 cm³/mol. The number of methoxy groups -OCH3 is 2. The molecule has 5 heteroatoms. The molecule has 0 radical (unpaired) electrons. The van der Waals surface area contributed by atoms with Crippen molar-refractivity contribution in [2.45, 2.75) is 33.4 Å². The van der Waals surface area contributed by atoms with Gasteiger partial charge in [0.05, 0.1) is 13.2 Å². The maximum atomic E-state index is 5.54. The lowest BCUT2D eigenvalue weighted by Gasteiger charge is -2.30. The molecule has 0 spiro atoms. The molecule has 124 valence electrons. The van der Waals surface area contributed by atoms with Crippen LogP contribution in [0.2, 0.25) is 0 Å². The molecule has 5 nitrogen and oxygen atoms in total. The van der Waals surface area contributed by atoms with Crippen molar-refractivity contribution in [3.63, 3.8) is 0 Å². The van der Waals surface area contributed by atoms with Crippen LogP contribution in [0.3, 0.4) is 0 Å². The molecular formula is C17H29N3O2. The van der Waals surface area contributed by atoms with E-state index in [0.29, 0.717) is 13.1 Å². The zero-order valence-electron chi connectivity index (χ0n) is 14.6. The lowest BCUT2D eigenvalue weighted by Crippen LogP contribution is -2.45. The molecule has 0 aliphatic carbocycles. The second kappa shape index (κ2) is 8.63. The zero-order valence-corrected chi connectivity index (χ0v) is 14.6. The molecule has 0 bridgehead atoms. The minimum Gasteiger partial charge on any atom is -0.496 e. The van der Waals surface area contributed by atoms with Crippen LogP contribution in [0.5, 0.6) is 5.75 Å². The lowest BCUT2D eigenvalue weighted by atomic mass is 9.89. The first-order valence-electron chi connectivity index (χ1n) is 7.51. The minimum atomic E-state index is 0.0727. The Morgan fingerprint density at radius 2 is 1.86 bits per heavy atom. The normalized spacial score (nSPS) is 13.6. The summed E-state index contributed by atoms with van der Waals surface area (Å²) in [6.07, 6.45) is 0.109. The summed E-state index contributed by atoms with van der Waals surface area (Å²) in [6, 6.07) is 7.94. The Labute approximate surface area is 134 Å². The fourth-order valence-corrected chi connectivity index (χ4v) is 2.18. The van der Waals surface area contributed by atoms with Crippen LogP contribution in [-0.4, -0.2) is 39.9 Å². The van der Waals surface area contributed by atoms with Crippen molar-refractivity contribution in [3.8, 4) is 5.75 Å². The van der Waals surface area contributed by atoms with Crippen LogP contribution in [0.15, 0.2) is 29.3 Å². The average molecular weight is 307 g/mol. The van der Waals surface area contributed by atoms with Crippen LogP contribution in [0.4, 0.5) is 0 Å². The molecule has 0 aliphatic rings. The first kappa shape index (κ1) is 18.3. The third-order valence-electron chi connectivity index (χ3n) is 3.57. The highest BCUT2D eigenvalue weighted by Gasteiger charge is 2.24. The van der Waals surface area contributed by atoms with Gasteiger partial charge in [-0.15, -0.1) is 0 Å². The van der Waals surface area contributed by atoms with E-state index < -0.39 is 0 Å². The maximum Gasteiger partial charge on any atom is 0.191 e. The highest BCUT2D eigenvalue weighted by Crippen LogP contribution is 2.21. The number of hydrogen-bond acceptors (Lipinski definition) is 3. The van der Waals surface area contributed by atoms with Crippen molar-refractivity contribution in [2.24, 2.45) is 10.4 Å². The predicted octanol–water partition coefficient (Wildman–Crippen LogP) is 2.42. The van der Waals surface area contributed by atoms with Gasteiger partial charge in [-0.25, -0.2) is 0 Å². The van der Waals surface area contributed by atoms with Gasteiger partial charge in [0.25, 0.3) is 0 Å². The molecule has 0 aromatic heterocycles. The Morgan fingerprint density at radius 3 is 2.41 bits per heavy atom. The highest BCUT2D eigenvalue weighted by atomic mass is 16.5. The van der Waals surface area contributed by atoms with E-state index in [1.807, 2.05) is 24.3 Å². The van der Waals surface area contributed by atoms with Crippen LogP contribution >= 0.6 is 0 Å². The summed E-state index contributed by atoms with van der Waals surface area (Å²) in [7, 11) is 5.18. The minimum absolute atomic E-state index is 0.0727. The topological polar surface area (TPSA) is 54.9 Å². The van der Waals surface area contributed by atoms with E-state index in [4.69, 9.17) is 9.47 Å². The Hall–Kier alpha value is -1.75. The summed E-state index contributed by atoms with van der Waals surface area (Å²) >= 11 is 0. The van der Waals surface area contributed by atoms with Crippen LogP contribution in [-0.2, 0) is 11.3 Å². The largest absolute Gasteiger partial charge is 0.496 e. The van der Waals surface area contributed by atoms with Gasteiger partial charge in [-0.05, 0) is 11.5 Å². The van der Waals surface area contributed by atoms with Crippen LogP contribution in [0.25, 0.3) is 0 Å². The van der Waals surface area contributed by atoms with E-state index in [9.17, 15) is 0 Å². The average Bonchev–Trinajstić information content (AvgIpc) is 2.49. The Kier molecular flexibility index (Phi) is 7.18. The van der Waals surface area contributed by atoms with Crippen molar-refractivity contribution in [2.75, 3.05) is 27.8 Å². The van der Waals surface area contributed by atoms with Gasteiger partial charge in [-0.3, -0.25) is 4.99 Å². The van der Waals surface area contributed by atoms with Gasteiger partial charge in [0.15, 0.2) is 5.96 Å². The van der Waals surface area contributed by atoms with Crippen LogP contribution in [0.1, 0.15) is 26.3 Å². The molecule has 0 heterocycles. The molecule has 1 rings (SSSR count). The second-order valence-electron chi connectivity index (χ2n) is 6.21. The fourth-order valence-electron chi connectivity index (χ4n) is 2.18. The molecule has 0 saturated carbocycles. The van der Waals surface area contributed by atoms with Gasteiger partial charge in [0, 0.05) is 32.8 Å². The van der Waals surface area contributed by atoms with Gasteiger partial charge in [0.2, 0.25) is 0 Å². The van der Waals surface area contributed by atoms with Crippen molar-refractivity contribution >= 4 is 5.96 Å². The van der Waals surface area contributed by atoms with Crippen LogP contribution < -0.4 is 15.4 Å². The standard InChI is InChI=1S/C17H29N3O2/c1-17(2,3)15(22-6)12-20-16(18-4)19-11-13-9-7-8-10-14(13)21-5/h7-10,15H,11-12H2,1-6H3,(H2,18,19,20). The monoisotopic (exact) mass is 307 g/mol. The number of aliphatic imine (C=N–C) groups is 1. The number of nitrogens with one attached hydrogen (secondary N) is 2. The molecule has 0 fully saturated rings. The highest BCUT2D eigenvalue weighted by molar-refractivity contribution is 5.79. The third-order valence-corrected chi connectivity index (χ3v) is 3.57. The van der Waals surface area contributed by atoms with Crippen molar-refractivity contribution in [1.29, 1.82) is 0 Å². The van der Waals surface area contributed by atoms with Crippen molar-refractivity contribution in [1.82, 2.24) is 10.6 Å². The summed E-state index contributed by atoms with van der Waals surface area (Å²) in [5.41, 5.74) is 1.16. The van der Waals surface area contributed by atoms with Gasteiger partial charge < -0.3 is 20.1 Å². The number of rotatable bonds is 6. The molecule has 1 unspecified atom stereocenters. The third kappa shape index (κ3) is 5.56. The van der Waals surface area contributed by atoms with E-state index >= 15 is 0 Å². The Morgan fingerprint density at radius 1 is 1.18 bits per heavy atom. The summed E-state index contributed by atoms with van der Waals surface area (Å²) in [5.74, 6) is 1.62. The van der Waals surface area contributed by atoms with E-state index in [1.54, 1.807) is 21.3 Å². The SMILES string of the molecule is CN=C(NCc1ccccc1OC)NCC(OC)C(C)(C)C. The first-order valence-corrected chi connectivity index (χ1v) is 7.51. The van der Waals surface area contributed by atoms with Gasteiger partial charge >= 0.3 is 0 Å². The number of guanidine groups is 1. The van der Waals surface area contributed by atoms with E-state index in [-0.39, 0.29) is 11.5 Å². The summed E-state index contributed by atoms with van der Waals surface area (Å²) in [5, 5.41) is 6.60. The van der Waals surface area contributed by atoms with Crippen LogP contribution in [0, 0.1) is 5.41 Å². The molecule has 1 aromatic carbocycles. The Bertz CT molecular complexity index is 481. The van der Waals surface area contributed by atoms with Gasteiger partial charge in [-0.1, -0.05) is 39.0 Å². The molecule has 0 amide bonds. The summed E-state index contributed by atoms with van der Waals surface area (Å²) in [6.45, 7) is 7.83. The smallest absolute Gasteiger partial charge is 0.191 e.